The summed E-state index contributed by atoms with van der Waals surface area (Å²) >= 11 is 6.02. The van der Waals surface area contributed by atoms with Gasteiger partial charge in [0.05, 0.1) is 11.6 Å². The first-order valence-electron chi connectivity index (χ1n) is 4.89. The van der Waals surface area contributed by atoms with Crippen LogP contribution in [0.3, 0.4) is 0 Å². The summed E-state index contributed by atoms with van der Waals surface area (Å²) in [6.07, 6.45) is 1.56. The van der Waals surface area contributed by atoms with Gasteiger partial charge in [-0.15, -0.1) is 0 Å². The number of rotatable bonds is 3. The van der Waals surface area contributed by atoms with E-state index in [2.05, 4.69) is 4.98 Å². The number of aliphatic hydroxyl groups excluding tert-OH is 1. The quantitative estimate of drug-likeness (QED) is 0.832. The highest BCUT2D eigenvalue weighted by molar-refractivity contribution is 6.35. The minimum atomic E-state index is -0.827. The fourth-order valence-corrected chi connectivity index (χ4v) is 1.86. The van der Waals surface area contributed by atoms with Gasteiger partial charge in [0.2, 0.25) is 0 Å². The molecule has 0 amide bonds. The van der Waals surface area contributed by atoms with Crippen molar-refractivity contribution in [3.8, 4) is 0 Å². The predicted molar refractivity (Wildman–Crippen MR) is 62.4 cm³/mol. The zero-order valence-corrected chi connectivity index (χ0v) is 9.19. The number of aliphatic hydroxyl groups is 1. The Labute approximate surface area is 97.7 Å². The van der Waals surface area contributed by atoms with Gasteiger partial charge in [0.15, 0.2) is 0 Å². The van der Waals surface area contributed by atoms with Crippen molar-refractivity contribution in [2.45, 2.75) is 12.5 Å². The Morgan fingerprint density at radius 1 is 1.44 bits per heavy atom. The van der Waals surface area contributed by atoms with Gasteiger partial charge in [-0.25, -0.2) is 0 Å². The van der Waals surface area contributed by atoms with Gasteiger partial charge in [-0.3, -0.25) is 4.98 Å². The molecule has 1 N–H and O–H groups in total. The highest BCUT2D eigenvalue weighted by atomic mass is 35.5. The van der Waals surface area contributed by atoms with Gasteiger partial charge in [-0.05, 0) is 18.2 Å². The SMILES string of the molecule is O=CCC(O)c1ccc(Cl)c2cccnc12. The summed E-state index contributed by atoms with van der Waals surface area (Å²) in [5, 5.41) is 11.2. The summed E-state index contributed by atoms with van der Waals surface area (Å²) in [7, 11) is 0. The molecule has 0 fully saturated rings. The second-order valence-electron chi connectivity index (χ2n) is 3.45. The van der Waals surface area contributed by atoms with Gasteiger partial charge in [-0.1, -0.05) is 17.7 Å². The topological polar surface area (TPSA) is 50.2 Å². The number of carbonyl (C=O) groups excluding carboxylic acids is 1. The molecule has 1 aromatic heterocycles. The largest absolute Gasteiger partial charge is 0.388 e. The minimum absolute atomic E-state index is 0.0628. The van der Waals surface area contributed by atoms with E-state index in [1.807, 2.05) is 6.07 Å². The van der Waals surface area contributed by atoms with Crippen LogP contribution >= 0.6 is 11.6 Å². The maximum Gasteiger partial charge on any atom is 0.122 e. The van der Waals surface area contributed by atoms with Crippen LogP contribution < -0.4 is 0 Å². The standard InChI is InChI=1S/C12H10ClNO2/c13-10-4-3-9(11(16)5-7-15)12-8(10)2-1-6-14-12/h1-4,6-7,11,16H,5H2. The van der Waals surface area contributed by atoms with Crippen molar-refractivity contribution in [3.05, 3.63) is 41.0 Å². The summed E-state index contributed by atoms with van der Waals surface area (Å²) in [5.41, 5.74) is 1.27. The maximum absolute atomic E-state index is 10.4. The van der Waals surface area contributed by atoms with Gasteiger partial charge in [0, 0.05) is 28.6 Å². The number of hydrogen-bond acceptors (Lipinski definition) is 3. The van der Waals surface area contributed by atoms with Crippen LogP contribution in [0.4, 0.5) is 0 Å². The highest BCUT2D eigenvalue weighted by Crippen LogP contribution is 2.29. The smallest absolute Gasteiger partial charge is 0.122 e. The number of aldehydes is 1. The molecule has 1 atom stereocenters. The summed E-state index contributed by atoms with van der Waals surface area (Å²) in [4.78, 5) is 14.6. The second-order valence-corrected chi connectivity index (χ2v) is 3.86. The van der Waals surface area contributed by atoms with Crippen molar-refractivity contribution >= 4 is 28.8 Å². The van der Waals surface area contributed by atoms with Crippen LogP contribution in [0.5, 0.6) is 0 Å². The lowest BCUT2D eigenvalue weighted by molar-refractivity contribution is -0.109. The third-order valence-electron chi connectivity index (χ3n) is 2.43. The third-order valence-corrected chi connectivity index (χ3v) is 2.76. The van der Waals surface area contributed by atoms with Gasteiger partial charge in [0.1, 0.15) is 6.29 Å². The molecule has 1 unspecified atom stereocenters. The molecular formula is C12H10ClNO2. The molecule has 1 heterocycles. The first kappa shape index (κ1) is 11.0. The monoisotopic (exact) mass is 235 g/mol. The molecule has 0 bridgehead atoms. The molecule has 2 aromatic rings. The van der Waals surface area contributed by atoms with Gasteiger partial charge >= 0.3 is 0 Å². The van der Waals surface area contributed by atoms with Crippen LogP contribution in [0.25, 0.3) is 10.9 Å². The molecule has 4 heteroatoms. The van der Waals surface area contributed by atoms with E-state index in [4.69, 9.17) is 11.6 Å². The lowest BCUT2D eigenvalue weighted by Crippen LogP contribution is -2.00. The molecule has 16 heavy (non-hydrogen) atoms. The second kappa shape index (κ2) is 4.60. The van der Waals surface area contributed by atoms with E-state index in [0.717, 1.165) is 5.39 Å². The Bertz CT molecular complexity index is 527. The lowest BCUT2D eigenvalue weighted by Gasteiger charge is -2.10. The van der Waals surface area contributed by atoms with Crippen LogP contribution in [0.1, 0.15) is 18.1 Å². The zero-order chi connectivity index (χ0) is 11.5. The van der Waals surface area contributed by atoms with Crippen LogP contribution in [-0.2, 0) is 4.79 Å². The Kier molecular flexibility index (Phi) is 3.17. The summed E-state index contributed by atoms with van der Waals surface area (Å²) in [5.74, 6) is 0. The van der Waals surface area contributed by atoms with E-state index in [1.165, 1.54) is 0 Å². The first-order chi connectivity index (χ1) is 7.74. The van der Waals surface area contributed by atoms with E-state index < -0.39 is 6.10 Å². The fraction of sp³-hybridized carbons (Fsp3) is 0.167. The number of pyridine rings is 1. The molecule has 3 nitrogen and oxygen atoms in total. The maximum atomic E-state index is 10.4. The van der Waals surface area contributed by atoms with Crippen LogP contribution in [0.15, 0.2) is 30.5 Å². The molecule has 0 aliphatic heterocycles. The number of nitrogens with zero attached hydrogens (tertiary/aromatic N) is 1. The third kappa shape index (κ3) is 1.92. The molecule has 2 rings (SSSR count). The summed E-state index contributed by atoms with van der Waals surface area (Å²) in [6.45, 7) is 0. The van der Waals surface area contributed by atoms with Crippen molar-refractivity contribution in [3.63, 3.8) is 0 Å². The number of fused-ring (bicyclic) bond motifs is 1. The molecule has 0 saturated carbocycles. The Morgan fingerprint density at radius 2 is 2.25 bits per heavy atom. The van der Waals surface area contributed by atoms with Gasteiger partial charge in [0.25, 0.3) is 0 Å². The normalized spacial score (nSPS) is 12.6. The summed E-state index contributed by atoms with van der Waals surface area (Å²) in [6, 6.07) is 7.02. The lowest BCUT2D eigenvalue weighted by atomic mass is 10.0. The number of halogens is 1. The highest BCUT2D eigenvalue weighted by Gasteiger charge is 2.12. The van der Waals surface area contributed by atoms with E-state index in [0.29, 0.717) is 22.4 Å². The molecule has 0 radical (unpaired) electrons. The van der Waals surface area contributed by atoms with Crippen molar-refractivity contribution in [2.24, 2.45) is 0 Å². The molecule has 0 saturated heterocycles. The van der Waals surface area contributed by atoms with Crippen molar-refractivity contribution < 1.29 is 9.90 Å². The fourth-order valence-electron chi connectivity index (χ4n) is 1.65. The molecule has 82 valence electrons. The number of aromatic nitrogens is 1. The van der Waals surface area contributed by atoms with E-state index in [9.17, 15) is 9.90 Å². The predicted octanol–water partition coefficient (Wildman–Crippen LogP) is 2.51. The number of carbonyl (C=O) groups is 1. The average Bonchev–Trinajstić information content (AvgIpc) is 2.30. The summed E-state index contributed by atoms with van der Waals surface area (Å²) < 4.78 is 0. The van der Waals surface area contributed by atoms with Crippen LogP contribution in [0.2, 0.25) is 5.02 Å². The van der Waals surface area contributed by atoms with Crippen LogP contribution in [0, 0.1) is 0 Å². The van der Waals surface area contributed by atoms with Crippen molar-refractivity contribution in [1.82, 2.24) is 4.98 Å². The van der Waals surface area contributed by atoms with Gasteiger partial charge < -0.3 is 9.90 Å². The zero-order valence-electron chi connectivity index (χ0n) is 8.43. The average molecular weight is 236 g/mol. The molecule has 0 aliphatic carbocycles. The Balaban J connectivity index is 2.62. The molecule has 0 spiro atoms. The molecule has 1 aromatic carbocycles. The molecular weight excluding hydrogens is 226 g/mol. The van der Waals surface area contributed by atoms with E-state index in [-0.39, 0.29) is 6.42 Å². The Hall–Kier alpha value is -1.45. The molecule has 0 aliphatic rings. The Morgan fingerprint density at radius 3 is 3.00 bits per heavy atom. The first-order valence-corrected chi connectivity index (χ1v) is 5.26. The van der Waals surface area contributed by atoms with Gasteiger partial charge in [-0.2, -0.15) is 0 Å². The number of benzene rings is 1. The van der Waals surface area contributed by atoms with E-state index in [1.54, 1.807) is 24.4 Å². The van der Waals surface area contributed by atoms with E-state index >= 15 is 0 Å². The van der Waals surface area contributed by atoms with Crippen molar-refractivity contribution in [1.29, 1.82) is 0 Å². The van der Waals surface area contributed by atoms with Crippen LogP contribution in [-0.4, -0.2) is 16.4 Å². The minimum Gasteiger partial charge on any atom is -0.388 e. The van der Waals surface area contributed by atoms with Crippen molar-refractivity contribution in [2.75, 3.05) is 0 Å². The number of hydrogen-bond donors (Lipinski definition) is 1.